The number of likely N-dealkylation sites (N-methyl/N-ethyl adjacent to an activating group) is 1. The lowest BCUT2D eigenvalue weighted by molar-refractivity contribution is -0.779. The lowest BCUT2D eigenvalue weighted by atomic mass is 10.1. The lowest BCUT2D eigenvalue weighted by Gasteiger charge is -2.27. The minimum absolute atomic E-state index is 0.237. The SMILES string of the molecule is C[N+]1(Cc2cc(F)cc(Br)c2)C=CN=C1Cc1ncc[nH]1. The van der Waals surface area contributed by atoms with Gasteiger partial charge in [-0.25, -0.2) is 18.8 Å². The first-order valence-corrected chi connectivity index (χ1v) is 7.38. The highest BCUT2D eigenvalue weighted by Crippen LogP contribution is 2.23. The van der Waals surface area contributed by atoms with E-state index in [0.717, 1.165) is 21.7 Å². The van der Waals surface area contributed by atoms with Crippen molar-refractivity contribution >= 4 is 21.8 Å². The number of benzene rings is 1. The molecule has 2 aromatic rings. The number of quaternary nitrogens is 1. The molecule has 0 bridgehead atoms. The molecule has 1 unspecified atom stereocenters. The van der Waals surface area contributed by atoms with Crippen LogP contribution in [0.4, 0.5) is 4.39 Å². The molecule has 2 heterocycles. The Labute approximate surface area is 130 Å². The number of nitrogens with zero attached hydrogens (tertiary/aromatic N) is 3. The molecule has 6 heteroatoms. The molecule has 1 aliphatic rings. The molecule has 1 aromatic carbocycles. The van der Waals surface area contributed by atoms with Crippen LogP contribution in [0, 0.1) is 5.82 Å². The fraction of sp³-hybridized carbons (Fsp3) is 0.200. The Morgan fingerprint density at radius 2 is 2.19 bits per heavy atom. The lowest BCUT2D eigenvalue weighted by Crippen LogP contribution is -2.42. The van der Waals surface area contributed by atoms with E-state index in [9.17, 15) is 4.39 Å². The summed E-state index contributed by atoms with van der Waals surface area (Å²) in [6, 6.07) is 4.95. The number of H-pyrrole nitrogens is 1. The molecular weight excluding hydrogens is 335 g/mol. The summed E-state index contributed by atoms with van der Waals surface area (Å²) in [5, 5.41) is 0. The zero-order valence-corrected chi connectivity index (χ0v) is 13.1. The number of rotatable bonds is 4. The monoisotopic (exact) mass is 349 g/mol. The first-order chi connectivity index (χ1) is 10.0. The predicted molar refractivity (Wildman–Crippen MR) is 82.9 cm³/mol. The molecule has 3 rings (SSSR count). The second-order valence-electron chi connectivity index (χ2n) is 5.26. The number of imidazole rings is 1. The maximum Gasteiger partial charge on any atom is 0.215 e. The maximum atomic E-state index is 13.5. The van der Waals surface area contributed by atoms with Gasteiger partial charge in [0, 0.05) is 22.4 Å². The van der Waals surface area contributed by atoms with E-state index in [1.807, 2.05) is 12.3 Å². The van der Waals surface area contributed by atoms with Crippen molar-refractivity contribution in [1.29, 1.82) is 0 Å². The predicted octanol–water partition coefficient (Wildman–Crippen LogP) is 3.38. The topological polar surface area (TPSA) is 41.0 Å². The fourth-order valence-corrected chi connectivity index (χ4v) is 2.99. The highest BCUT2D eigenvalue weighted by molar-refractivity contribution is 9.10. The van der Waals surface area contributed by atoms with Crippen LogP contribution >= 0.6 is 15.9 Å². The van der Waals surface area contributed by atoms with Gasteiger partial charge in [-0.05, 0) is 18.2 Å². The summed E-state index contributed by atoms with van der Waals surface area (Å²) < 4.78 is 14.8. The fourth-order valence-electron chi connectivity index (χ4n) is 2.48. The highest BCUT2D eigenvalue weighted by atomic mass is 79.9. The molecule has 1 N–H and O–H groups in total. The quantitative estimate of drug-likeness (QED) is 0.844. The summed E-state index contributed by atoms with van der Waals surface area (Å²) >= 11 is 3.33. The number of amidine groups is 1. The number of aromatic amines is 1. The molecule has 108 valence electrons. The average Bonchev–Trinajstić information content (AvgIpc) is 3.00. The molecule has 0 fully saturated rings. The van der Waals surface area contributed by atoms with Crippen LogP contribution in [-0.2, 0) is 13.0 Å². The average molecular weight is 350 g/mol. The van der Waals surface area contributed by atoms with Crippen molar-refractivity contribution in [2.24, 2.45) is 4.99 Å². The zero-order valence-electron chi connectivity index (χ0n) is 11.6. The Morgan fingerprint density at radius 3 is 2.90 bits per heavy atom. The molecule has 0 saturated carbocycles. The molecule has 1 aliphatic heterocycles. The van der Waals surface area contributed by atoms with E-state index in [0.29, 0.717) is 17.4 Å². The Bertz CT molecular complexity index is 688. The minimum Gasteiger partial charge on any atom is -0.348 e. The van der Waals surface area contributed by atoms with Gasteiger partial charge in [0.05, 0.1) is 13.2 Å². The van der Waals surface area contributed by atoms with Crippen LogP contribution in [0.1, 0.15) is 11.4 Å². The summed E-state index contributed by atoms with van der Waals surface area (Å²) in [6.45, 7) is 0.645. The van der Waals surface area contributed by atoms with Crippen LogP contribution in [0.5, 0.6) is 0 Å². The molecule has 4 nitrogen and oxygen atoms in total. The van der Waals surface area contributed by atoms with Crippen molar-refractivity contribution < 1.29 is 8.87 Å². The van der Waals surface area contributed by atoms with Gasteiger partial charge in [0.1, 0.15) is 30.8 Å². The smallest absolute Gasteiger partial charge is 0.215 e. The summed E-state index contributed by atoms with van der Waals surface area (Å²) in [5.74, 6) is 1.62. The summed E-state index contributed by atoms with van der Waals surface area (Å²) in [6.07, 6.45) is 7.98. The van der Waals surface area contributed by atoms with Crippen molar-refractivity contribution in [3.63, 3.8) is 0 Å². The third-order valence-electron chi connectivity index (χ3n) is 3.52. The second kappa shape index (κ2) is 5.54. The van der Waals surface area contributed by atoms with Crippen LogP contribution < -0.4 is 0 Å². The van der Waals surface area contributed by atoms with Crippen LogP contribution in [0.3, 0.4) is 0 Å². The van der Waals surface area contributed by atoms with E-state index in [2.05, 4.69) is 37.9 Å². The number of aliphatic imine (C=N–C) groups is 1. The van der Waals surface area contributed by atoms with Gasteiger partial charge >= 0.3 is 0 Å². The van der Waals surface area contributed by atoms with Gasteiger partial charge in [0.2, 0.25) is 5.84 Å². The molecule has 0 radical (unpaired) electrons. The number of nitrogens with one attached hydrogen (secondary N) is 1. The number of halogens is 2. The number of hydrogen-bond donors (Lipinski definition) is 1. The third kappa shape index (κ3) is 3.11. The molecule has 1 atom stereocenters. The molecule has 0 spiro atoms. The van der Waals surface area contributed by atoms with Crippen molar-refractivity contribution in [2.75, 3.05) is 7.05 Å². The van der Waals surface area contributed by atoms with E-state index in [4.69, 9.17) is 0 Å². The molecule has 0 saturated heterocycles. The zero-order chi connectivity index (χ0) is 14.9. The number of hydrogen-bond acceptors (Lipinski definition) is 2. The van der Waals surface area contributed by atoms with E-state index in [-0.39, 0.29) is 5.82 Å². The molecular formula is C15H15BrFN4+. The normalized spacial score (nSPS) is 20.8. The Hall–Kier alpha value is -1.79. The Morgan fingerprint density at radius 1 is 1.33 bits per heavy atom. The molecule has 0 amide bonds. The largest absolute Gasteiger partial charge is 0.348 e. The van der Waals surface area contributed by atoms with E-state index in [1.165, 1.54) is 6.07 Å². The van der Waals surface area contributed by atoms with Crippen LogP contribution in [0.2, 0.25) is 0 Å². The first kappa shape index (κ1) is 14.2. The van der Waals surface area contributed by atoms with Gasteiger partial charge in [-0.3, -0.25) is 0 Å². The van der Waals surface area contributed by atoms with E-state index in [1.54, 1.807) is 24.7 Å². The highest BCUT2D eigenvalue weighted by Gasteiger charge is 2.31. The van der Waals surface area contributed by atoms with Crippen molar-refractivity contribution in [2.45, 2.75) is 13.0 Å². The van der Waals surface area contributed by atoms with Crippen LogP contribution in [-0.4, -0.2) is 27.3 Å². The maximum absolute atomic E-state index is 13.5. The van der Waals surface area contributed by atoms with E-state index >= 15 is 0 Å². The number of aromatic nitrogens is 2. The first-order valence-electron chi connectivity index (χ1n) is 6.58. The van der Waals surface area contributed by atoms with Crippen molar-refractivity contribution in [3.8, 4) is 0 Å². The summed E-state index contributed by atoms with van der Waals surface area (Å²) in [4.78, 5) is 11.8. The molecule has 0 aliphatic carbocycles. The minimum atomic E-state index is -0.237. The summed E-state index contributed by atoms with van der Waals surface area (Å²) in [5.41, 5.74) is 0.920. The van der Waals surface area contributed by atoms with Crippen LogP contribution in [0.15, 0.2) is 52.5 Å². The summed E-state index contributed by atoms with van der Waals surface area (Å²) in [7, 11) is 2.06. The van der Waals surface area contributed by atoms with Crippen molar-refractivity contribution in [1.82, 2.24) is 9.97 Å². The van der Waals surface area contributed by atoms with E-state index < -0.39 is 0 Å². The van der Waals surface area contributed by atoms with Crippen molar-refractivity contribution in [3.05, 3.63) is 64.7 Å². The van der Waals surface area contributed by atoms with Gasteiger partial charge in [-0.1, -0.05) is 15.9 Å². The third-order valence-corrected chi connectivity index (χ3v) is 3.98. The van der Waals surface area contributed by atoms with Gasteiger partial charge < -0.3 is 4.98 Å². The van der Waals surface area contributed by atoms with Gasteiger partial charge in [-0.2, -0.15) is 0 Å². The van der Waals surface area contributed by atoms with Gasteiger partial charge in [0.25, 0.3) is 0 Å². The molecule has 1 aromatic heterocycles. The Kier molecular flexibility index (Phi) is 3.73. The Balaban J connectivity index is 1.82. The standard InChI is InChI=1S/C15H15BrFN4/c1-21(10-11-6-12(16)8-13(17)7-11)5-4-20-15(21)9-14-18-2-3-19-14/h2-8H,9-10H2,1H3,(H,18,19)/q+1. The van der Waals surface area contributed by atoms with Crippen LogP contribution in [0.25, 0.3) is 0 Å². The van der Waals surface area contributed by atoms with Gasteiger partial charge in [0.15, 0.2) is 0 Å². The second-order valence-corrected chi connectivity index (χ2v) is 6.18. The molecule has 21 heavy (non-hydrogen) atoms. The van der Waals surface area contributed by atoms with Gasteiger partial charge in [-0.15, -0.1) is 0 Å².